The fourth-order valence-electron chi connectivity index (χ4n) is 3.43. The van der Waals surface area contributed by atoms with Crippen molar-refractivity contribution in [2.24, 2.45) is 0 Å². The Labute approximate surface area is 146 Å². The van der Waals surface area contributed by atoms with Crippen LogP contribution in [0.15, 0.2) is 55.4 Å². The summed E-state index contributed by atoms with van der Waals surface area (Å²) in [5, 5.41) is 4.36. The van der Waals surface area contributed by atoms with E-state index >= 15 is 0 Å². The van der Waals surface area contributed by atoms with Crippen LogP contribution in [0.25, 0.3) is 5.69 Å². The molecule has 0 N–H and O–H groups in total. The Kier molecular flexibility index (Phi) is 4.09. The standard InChI is InChI=1S/C19H21N5O/c1-15-11-21-23(12-15)13-18-3-2-9-24(18)19(25)16-4-6-17(7-5-16)22-10-8-20-14-22/h4-8,10-12,14,18H,2-3,9,13H2,1H3/t18-/m0/s1. The molecule has 25 heavy (non-hydrogen) atoms. The number of hydrogen-bond acceptors (Lipinski definition) is 3. The third-order valence-corrected chi connectivity index (χ3v) is 4.71. The third-order valence-electron chi connectivity index (χ3n) is 4.71. The van der Waals surface area contributed by atoms with Gasteiger partial charge in [-0.1, -0.05) is 0 Å². The molecule has 1 aromatic carbocycles. The van der Waals surface area contributed by atoms with Gasteiger partial charge < -0.3 is 9.47 Å². The van der Waals surface area contributed by atoms with Gasteiger partial charge in [0.05, 0.1) is 25.1 Å². The van der Waals surface area contributed by atoms with Crippen molar-refractivity contribution in [2.75, 3.05) is 6.54 Å². The number of aryl methyl sites for hydroxylation is 1. The van der Waals surface area contributed by atoms with Crippen LogP contribution < -0.4 is 0 Å². The molecule has 6 nitrogen and oxygen atoms in total. The molecule has 4 rings (SSSR count). The number of imidazole rings is 1. The van der Waals surface area contributed by atoms with Gasteiger partial charge in [-0.15, -0.1) is 0 Å². The lowest BCUT2D eigenvalue weighted by Crippen LogP contribution is -2.38. The molecule has 128 valence electrons. The molecule has 0 radical (unpaired) electrons. The van der Waals surface area contributed by atoms with Crippen molar-refractivity contribution < 1.29 is 4.79 Å². The quantitative estimate of drug-likeness (QED) is 0.736. The molecule has 1 aliphatic rings. The summed E-state index contributed by atoms with van der Waals surface area (Å²) in [6.07, 6.45) is 11.3. The predicted molar refractivity (Wildman–Crippen MR) is 94.6 cm³/mol. The SMILES string of the molecule is Cc1cnn(C[C@@H]2CCCN2C(=O)c2ccc(-n3ccnc3)cc2)c1. The Morgan fingerprint density at radius 1 is 1.28 bits per heavy atom. The molecule has 6 heteroatoms. The first kappa shape index (κ1) is 15.6. The van der Waals surface area contributed by atoms with Crippen molar-refractivity contribution in [3.63, 3.8) is 0 Å². The van der Waals surface area contributed by atoms with Crippen LogP contribution in [0, 0.1) is 6.92 Å². The van der Waals surface area contributed by atoms with E-state index in [-0.39, 0.29) is 11.9 Å². The zero-order chi connectivity index (χ0) is 17.2. The topological polar surface area (TPSA) is 56.0 Å². The zero-order valence-corrected chi connectivity index (χ0v) is 14.2. The zero-order valence-electron chi connectivity index (χ0n) is 14.2. The first-order valence-corrected chi connectivity index (χ1v) is 8.59. The maximum absolute atomic E-state index is 12.9. The first-order chi connectivity index (χ1) is 12.2. The molecular weight excluding hydrogens is 314 g/mol. The summed E-state index contributed by atoms with van der Waals surface area (Å²) in [7, 11) is 0. The van der Waals surface area contributed by atoms with E-state index in [0.717, 1.165) is 42.7 Å². The summed E-state index contributed by atoms with van der Waals surface area (Å²) in [6, 6.07) is 7.91. The van der Waals surface area contributed by atoms with E-state index < -0.39 is 0 Å². The van der Waals surface area contributed by atoms with Crippen LogP contribution in [0.1, 0.15) is 28.8 Å². The lowest BCUT2D eigenvalue weighted by molar-refractivity contribution is 0.0721. The Balaban J connectivity index is 1.49. The van der Waals surface area contributed by atoms with Crippen molar-refractivity contribution in [1.29, 1.82) is 0 Å². The summed E-state index contributed by atoms with van der Waals surface area (Å²) >= 11 is 0. The maximum Gasteiger partial charge on any atom is 0.254 e. The molecule has 1 atom stereocenters. The van der Waals surface area contributed by atoms with E-state index in [9.17, 15) is 4.79 Å². The molecular formula is C19H21N5O. The summed E-state index contributed by atoms with van der Waals surface area (Å²) in [6.45, 7) is 3.60. The highest BCUT2D eigenvalue weighted by Crippen LogP contribution is 2.22. The van der Waals surface area contributed by atoms with E-state index in [1.807, 2.05) is 63.9 Å². The van der Waals surface area contributed by atoms with Crippen molar-refractivity contribution in [3.05, 3.63) is 66.5 Å². The lowest BCUT2D eigenvalue weighted by atomic mass is 10.1. The highest BCUT2D eigenvalue weighted by atomic mass is 16.2. The maximum atomic E-state index is 12.9. The van der Waals surface area contributed by atoms with Crippen molar-refractivity contribution in [1.82, 2.24) is 24.2 Å². The number of benzene rings is 1. The predicted octanol–water partition coefficient (Wildman–Crippen LogP) is 2.68. The monoisotopic (exact) mass is 335 g/mol. The molecule has 1 saturated heterocycles. The number of aromatic nitrogens is 4. The minimum absolute atomic E-state index is 0.101. The van der Waals surface area contributed by atoms with Gasteiger partial charge in [0.15, 0.2) is 0 Å². The van der Waals surface area contributed by atoms with Crippen LogP contribution in [0.5, 0.6) is 0 Å². The highest BCUT2D eigenvalue weighted by molar-refractivity contribution is 5.94. The van der Waals surface area contributed by atoms with E-state index in [0.29, 0.717) is 0 Å². The number of likely N-dealkylation sites (tertiary alicyclic amines) is 1. The Morgan fingerprint density at radius 2 is 2.12 bits per heavy atom. The van der Waals surface area contributed by atoms with E-state index in [4.69, 9.17) is 0 Å². The smallest absolute Gasteiger partial charge is 0.254 e. The molecule has 0 unspecified atom stereocenters. The summed E-state index contributed by atoms with van der Waals surface area (Å²) in [5.41, 5.74) is 2.87. The van der Waals surface area contributed by atoms with Crippen molar-refractivity contribution in [3.8, 4) is 5.69 Å². The molecule has 2 aromatic heterocycles. The summed E-state index contributed by atoms with van der Waals surface area (Å²) in [5.74, 6) is 0.101. The second-order valence-electron chi connectivity index (χ2n) is 6.55. The number of carbonyl (C=O) groups is 1. The summed E-state index contributed by atoms with van der Waals surface area (Å²) in [4.78, 5) is 19.0. The molecule has 0 bridgehead atoms. The van der Waals surface area contributed by atoms with E-state index in [2.05, 4.69) is 10.1 Å². The molecule has 1 amide bonds. The van der Waals surface area contributed by atoms with Crippen LogP contribution in [0.2, 0.25) is 0 Å². The highest BCUT2D eigenvalue weighted by Gasteiger charge is 2.29. The fraction of sp³-hybridized carbons (Fsp3) is 0.316. The molecule has 0 spiro atoms. The van der Waals surface area contributed by atoms with Crippen LogP contribution >= 0.6 is 0 Å². The number of hydrogen-bond donors (Lipinski definition) is 0. The van der Waals surface area contributed by atoms with Gasteiger partial charge in [0.25, 0.3) is 5.91 Å². The first-order valence-electron chi connectivity index (χ1n) is 8.59. The van der Waals surface area contributed by atoms with Gasteiger partial charge >= 0.3 is 0 Å². The summed E-state index contributed by atoms with van der Waals surface area (Å²) < 4.78 is 3.86. The molecule has 0 aliphatic carbocycles. The second kappa shape index (κ2) is 6.55. The third kappa shape index (κ3) is 3.20. The van der Waals surface area contributed by atoms with Gasteiger partial charge in [-0.05, 0) is 49.6 Å². The van der Waals surface area contributed by atoms with E-state index in [1.165, 1.54) is 0 Å². The average Bonchev–Trinajstić information content (AvgIpc) is 3.37. The number of nitrogens with zero attached hydrogens (tertiary/aromatic N) is 5. The van der Waals surface area contributed by atoms with Crippen molar-refractivity contribution in [2.45, 2.75) is 32.4 Å². The second-order valence-corrected chi connectivity index (χ2v) is 6.55. The number of carbonyl (C=O) groups excluding carboxylic acids is 1. The van der Waals surface area contributed by atoms with Gasteiger partial charge in [0, 0.05) is 36.4 Å². The van der Waals surface area contributed by atoms with Gasteiger partial charge in [-0.2, -0.15) is 5.10 Å². The molecule has 3 heterocycles. The Hall–Kier alpha value is -2.89. The largest absolute Gasteiger partial charge is 0.334 e. The average molecular weight is 335 g/mol. The van der Waals surface area contributed by atoms with Crippen LogP contribution in [-0.4, -0.2) is 42.7 Å². The van der Waals surface area contributed by atoms with Gasteiger partial charge in [-0.3, -0.25) is 9.48 Å². The molecule has 0 saturated carbocycles. The van der Waals surface area contributed by atoms with Crippen LogP contribution in [0.4, 0.5) is 0 Å². The normalized spacial score (nSPS) is 17.2. The van der Waals surface area contributed by atoms with Crippen LogP contribution in [-0.2, 0) is 6.54 Å². The van der Waals surface area contributed by atoms with Gasteiger partial charge in [0.1, 0.15) is 0 Å². The van der Waals surface area contributed by atoms with Crippen molar-refractivity contribution >= 4 is 5.91 Å². The minimum atomic E-state index is 0.101. The minimum Gasteiger partial charge on any atom is -0.334 e. The molecule has 3 aromatic rings. The lowest BCUT2D eigenvalue weighted by Gasteiger charge is -2.25. The molecule has 1 aliphatic heterocycles. The Morgan fingerprint density at radius 3 is 2.80 bits per heavy atom. The van der Waals surface area contributed by atoms with E-state index in [1.54, 1.807) is 12.5 Å². The number of amides is 1. The van der Waals surface area contributed by atoms with Crippen LogP contribution in [0.3, 0.4) is 0 Å². The number of rotatable bonds is 4. The fourth-order valence-corrected chi connectivity index (χ4v) is 3.43. The molecule has 1 fully saturated rings. The Bertz CT molecular complexity index is 850. The van der Waals surface area contributed by atoms with Gasteiger partial charge in [-0.25, -0.2) is 4.98 Å². The van der Waals surface area contributed by atoms with Gasteiger partial charge in [0.2, 0.25) is 0 Å².